The van der Waals surface area contributed by atoms with E-state index in [1.807, 2.05) is 13.0 Å². The molecule has 0 aliphatic carbocycles. The lowest BCUT2D eigenvalue weighted by molar-refractivity contribution is 0.652. The van der Waals surface area contributed by atoms with E-state index in [2.05, 4.69) is 65.9 Å². The zero-order valence-corrected chi connectivity index (χ0v) is 15.1. The molecule has 4 heteroatoms. The fourth-order valence-electron chi connectivity index (χ4n) is 3.71. The van der Waals surface area contributed by atoms with E-state index in [9.17, 15) is 0 Å². The summed E-state index contributed by atoms with van der Waals surface area (Å²) >= 11 is 0. The molecule has 0 aliphatic heterocycles. The summed E-state index contributed by atoms with van der Waals surface area (Å²) in [6.07, 6.45) is 0. The molecule has 0 N–H and O–H groups in total. The molecule has 0 saturated heterocycles. The summed E-state index contributed by atoms with van der Waals surface area (Å²) in [5, 5.41) is 2.12. The van der Waals surface area contributed by atoms with Gasteiger partial charge in [-0.1, -0.05) is 18.2 Å². The van der Waals surface area contributed by atoms with Crippen LogP contribution in [0.4, 0.5) is 0 Å². The molecule has 0 spiro atoms. The summed E-state index contributed by atoms with van der Waals surface area (Å²) in [5.74, 6) is 0.939. The minimum Gasteiger partial charge on any atom is -0.437 e. The van der Waals surface area contributed by atoms with Crippen LogP contribution < -0.4 is 0 Å². The topological polar surface area (TPSA) is 43.9 Å². The number of hydrogen-bond acceptors (Lipinski definition) is 3. The average molecular weight is 341 g/mol. The fraction of sp³-hybridized carbons (Fsp3) is 0.182. The quantitative estimate of drug-likeness (QED) is 0.418. The Morgan fingerprint density at radius 3 is 2.69 bits per heavy atom. The van der Waals surface area contributed by atoms with Gasteiger partial charge >= 0.3 is 0 Å². The Morgan fingerprint density at radius 1 is 0.962 bits per heavy atom. The predicted molar refractivity (Wildman–Crippen MR) is 105 cm³/mol. The van der Waals surface area contributed by atoms with Crippen LogP contribution in [0.5, 0.6) is 0 Å². The van der Waals surface area contributed by atoms with Crippen LogP contribution in [0.1, 0.15) is 18.2 Å². The van der Waals surface area contributed by atoms with Gasteiger partial charge in [-0.05, 0) is 56.7 Å². The van der Waals surface area contributed by atoms with E-state index in [0.717, 1.165) is 51.0 Å². The molecule has 0 saturated carbocycles. The Kier molecular flexibility index (Phi) is 3.16. The summed E-state index contributed by atoms with van der Waals surface area (Å²) in [4.78, 5) is 9.49. The lowest BCUT2D eigenvalue weighted by atomic mass is 10.1. The van der Waals surface area contributed by atoms with Crippen LogP contribution in [-0.4, -0.2) is 14.5 Å². The van der Waals surface area contributed by atoms with Gasteiger partial charge in [-0.25, -0.2) is 9.97 Å². The second-order valence-electron chi connectivity index (χ2n) is 6.76. The molecular formula is C22H19N3O. The predicted octanol–water partition coefficient (Wildman–Crippen LogP) is 5.63. The first-order valence-electron chi connectivity index (χ1n) is 8.92. The zero-order valence-electron chi connectivity index (χ0n) is 15.1. The van der Waals surface area contributed by atoms with Crippen LogP contribution in [0.15, 0.2) is 52.9 Å². The number of nitrogens with zero attached hydrogens (tertiary/aromatic N) is 3. The molecule has 0 bridgehead atoms. The number of pyridine rings is 1. The van der Waals surface area contributed by atoms with Gasteiger partial charge in [0, 0.05) is 23.0 Å². The van der Waals surface area contributed by atoms with Crippen molar-refractivity contribution in [2.45, 2.75) is 27.3 Å². The van der Waals surface area contributed by atoms with E-state index in [4.69, 9.17) is 9.40 Å². The van der Waals surface area contributed by atoms with Crippen LogP contribution in [0.2, 0.25) is 0 Å². The molecule has 0 aliphatic rings. The van der Waals surface area contributed by atoms with Crippen LogP contribution >= 0.6 is 0 Å². The lowest BCUT2D eigenvalue weighted by Crippen LogP contribution is -1.97. The molecule has 0 unspecified atom stereocenters. The molecule has 26 heavy (non-hydrogen) atoms. The summed E-state index contributed by atoms with van der Waals surface area (Å²) < 4.78 is 8.42. The minimum atomic E-state index is 0.683. The highest BCUT2D eigenvalue weighted by Gasteiger charge is 2.18. The first-order valence-corrected chi connectivity index (χ1v) is 8.92. The molecule has 3 aromatic heterocycles. The van der Waals surface area contributed by atoms with Crippen molar-refractivity contribution in [2.24, 2.45) is 0 Å². The number of benzene rings is 2. The molecule has 4 nitrogen and oxygen atoms in total. The van der Waals surface area contributed by atoms with E-state index >= 15 is 0 Å². The highest BCUT2D eigenvalue weighted by atomic mass is 16.3. The minimum absolute atomic E-state index is 0.683. The first kappa shape index (κ1) is 15.1. The Hall–Kier alpha value is -3.14. The molecule has 0 amide bonds. The highest BCUT2D eigenvalue weighted by molar-refractivity contribution is 6.08. The Bertz CT molecular complexity index is 1290. The molecule has 0 fully saturated rings. The van der Waals surface area contributed by atoms with Crippen LogP contribution in [0.25, 0.3) is 44.5 Å². The molecule has 3 heterocycles. The van der Waals surface area contributed by atoms with Crippen molar-refractivity contribution in [3.05, 3.63) is 59.8 Å². The third-order valence-electron chi connectivity index (χ3n) is 4.96. The van der Waals surface area contributed by atoms with Crippen molar-refractivity contribution in [1.29, 1.82) is 0 Å². The zero-order chi connectivity index (χ0) is 17.8. The molecule has 128 valence electrons. The van der Waals surface area contributed by atoms with Crippen LogP contribution in [0, 0.1) is 13.8 Å². The summed E-state index contributed by atoms with van der Waals surface area (Å²) in [5.41, 5.74) is 6.87. The maximum absolute atomic E-state index is 6.17. The maximum atomic E-state index is 6.17. The molecule has 5 aromatic rings. The third-order valence-corrected chi connectivity index (χ3v) is 4.96. The third kappa shape index (κ3) is 2.08. The lowest BCUT2D eigenvalue weighted by Gasteiger charge is -2.06. The van der Waals surface area contributed by atoms with Crippen molar-refractivity contribution in [3.63, 3.8) is 0 Å². The van der Waals surface area contributed by atoms with Gasteiger partial charge in [-0.2, -0.15) is 0 Å². The molecule has 5 rings (SSSR count). The number of furan rings is 1. The number of rotatable bonds is 2. The van der Waals surface area contributed by atoms with Crippen LogP contribution in [-0.2, 0) is 6.54 Å². The molecule has 0 radical (unpaired) electrons. The van der Waals surface area contributed by atoms with E-state index in [1.54, 1.807) is 0 Å². The Labute approximate surface area is 151 Å². The monoisotopic (exact) mass is 341 g/mol. The van der Waals surface area contributed by atoms with Crippen LogP contribution in [0.3, 0.4) is 0 Å². The average Bonchev–Trinajstić information content (AvgIpc) is 3.17. The van der Waals surface area contributed by atoms with Gasteiger partial charge in [0.2, 0.25) is 5.71 Å². The Morgan fingerprint density at radius 2 is 1.85 bits per heavy atom. The van der Waals surface area contributed by atoms with Crippen molar-refractivity contribution in [2.75, 3.05) is 0 Å². The van der Waals surface area contributed by atoms with Gasteiger partial charge < -0.3 is 8.98 Å². The summed E-state index contributed by atoms with van der Waals surface area (Å²) in [6, 6.07) is 16.8. The van der Waals surface area contributed by atoms with E-state index in [0.29, 0.717) is 5.71 Å². The first-order chi connectivity index (χ1) is 12.7. The highest BCUT2D eigenvalue weighted by Crippen LogP contribution is 2.36. The number of imidazole rings is 1. The normalized spacial score (nSPS) is 11.8. The van der Waals surface area contributed by atoms with E-state index < -0.39 is 0 Å². The second-order valence-corrected chi connectivity index (χ2v) is 6.76. The largest absolute Gasteiger partial charge is 0.437 e. The van der Waals surface area contributed by atoms with Gasteiger partial charge in [-0.3, -0.25) is 0 Å². The van der Waals surface area contributed by atoms with E-state index in [-0.39, 0.29) is 0 Å². The van der Waals surface area contributed by atoms with Gasteiger partial charge in [-0.15, -0.1) is 0 Å². The number of fused-ring (bicyclic) bond motifs is 4. The maximum Gasteiger partial charge on any atom is 0.227 e. The number of hydrogen-bond donors (Lipinski definition) is 0. The van der Waals surface area contributed by atoms with Gasteiger partial charge in [0.15, 0.2) is 0 Å². The second kappa shape index (κ2) is 5.43. The van der Waals surface area contributed by atoms with Crippen molar-refractivity contribution < 1.29 is 4.42 Å². The summed E-state index contributed by atoms with van der Waals surface area (Å²) in [7, 11) is 0. The molecule has 0 atom stereocenters. The van der Waals surface area contributed by atoms with E-state index in [1.165, 1.54) is 5.56 Å². The number of para-hydroxylation sites is 1. The number of aromatic nitrogens is 3. The Balaban J connectivity index is 1.87. The van der Waals surface area contributed by atoms with Gasteiger partial charge in [0.05, 0.1) is 16.6 Å². The SMILES string of the molecule is CCn1c(-c2cccc3c2oc2nc(C)ccc23)nc2cc(C)ccc21. The summed E-state index contributed by atoms with van der Waals surface area (Å²) in [6.45, 7) is 7.07. The van der Waals surface area contributed by atoms with Gasteiger partial charge in [0.25, 0.3) is 0 Å². The molecular weight excluding hydrogens is 322 g/mol. The smallest absolute Gasteiger partial charge is 0.227 e. The molecule has 2 aromatic carbocycles. The van der Waals surface area contributed by atoms with Crippen molar-refractivity contribution in [3.8, 4) is 11.4 Å². The van der Waals surface area contributed by atoms with Gasteiger partial charge in [0.1, 0.15) is 11.4 Å². The van der Waals surface area contributed by atoms with Crippen molar-refractivity contribution in [1.82, 2.24) is 14.5 Å². The number of aryl methyl sites for hydroxylation is 3. The standard InChI is InChI=1S/C22H19N3O/c1-4-25-19-11-8-13(2)12-18(19)24-21(25)17-7-5-6-15-16-10-9-14(3)23-22(16)26-20(15)17/h5-12H,4H2,1-3H3. The fourth-order valence-corrected chi connectivity index (χ4v) is 3.71. The van der Waals surface area contributed by atoms with Crippen molar-refractivity contribution >= 4 is 33.1 Å².